The van der Waals surface area contributed by atoms with Gasteiger partial charge >= 0.3 is 18.0 Å². The van der Waals surface area contributed by atoms with Crippen LogP contribution in [0.25, 0.3) is 16.5 Å². The van der Waals surface area contributed by atoms with Gasteiger partial charge in [0.2, 0.25) is 0 Å². The van der Waals surface area contributed by atoms with Crippen molar-refractivity contribution >= 4 is 40.1 Å². The van der Waals surface area contributed by atoms with Crippen LogP contribution in [-0.4, -0.2) is 67.5 Å². The maximum atomic E-state index is 14.9. The molecule has 1 saturated heterocycles. The fourth-order valence-electron chi connectivity index (χ4n) is 6.63. The van der Waals surface area contributed by atoms with E-state index in [4.69, 9.17) is 0 Å². The maximum absolute atomic E-state index is 14.9. The zero-order valence-corrected chi connectivity index (χ0v) is 24.8. The smallest absolute Gasteiger partial charge is 0.417 e. The van der Waals surface area contributed by atoms with Crippen molar-refractivity contribution in [2.75, 3.05) is 23.7 Å². The quantitative estimate of drug-likeness (QED) is 0.330. The molecule has 0 bridgehead atoms. The summed E-state index contributed by atoms with van der Waals surface area (Å²) in [5.41, 5.74) is -0.690. The third kappa shape index (κ3) is 5.41. The van der Waals surface area contributed by atoms with Crippen molar-refractivity contribution in [3.05, 3.63) is 63.8 Å². The number of rotatable bonds is 3. The van der Waals surface area contributed by atoms with Crippen molar-refractivity contribution in [2.45, 2.75) is 74.7 Å². The molecule has 1 aliphatic carbocycles. The van der Waals surface area contributed by atoms with E-state index >= 15 is 0 Å². The molecule has 0 spiro atoms. The Bertz CT molecular complexity index is 1700. The van der Waals surface area contributed by atoms with E-state index in [1.54, 1.807) is 43.1 Å². The third-order valence-corrected chi connectivity index (χ3v) is 9.86. The highest BCUT2D eigenvalue weighted by Gasteiger charge is 2.42. The number of hydrogen-bond acceptors (Lipinski definition) is 6. The van der Waals surface area contributed by atoms with E-state index in [1.165, 1.54) is 15.5 Å². The van der Waals surface area contributed by atoms with Gasteiger partial charge < -0.3 is 10.0 Å². The number of carbonyl (C=O) groups is 1. The predicted molar refractivity (Wildman–Crippen MR) is 156 cm³/mol. The number of thioether (sulfide) groups is 1. The highest BCUT2D eigenvalue weighted by Crippen LogP contribution is 2.50. The van der Waals surface area contributed by atoms with Crippen molar-refractivity contribution < 1.29 is 31.9 Å². The minimum Gasteiger partial charge on any atom is -0.465 e. The van der Waals surface area contributed by atoms with E-state index in [2.05, 4.69) is 9.97 Å². The minimum atomic E-state index is -4.84. The zero-order valence-electron chi connectivity index (χ0n) is 23.9. The molecule has 1 fully saturated rings. The lowest BCUT2D eigenvalue weighted by Gasteiger charge is -2.43. The van der Waals surface area contributed by atoms with Crippen LogP contribution in [0.5, 0.6) is 0 Å². The number of hydrogen-bond donors (Lipinski definition) is 1. The summed E-state index contributed by atoms with van der Waals surface area (Å²) < 4.78 is 74.3. The molecule has 0 radical (unpaired) electrons. The molecule has 1 N–H and O–H groups in total. The number of aromatic nitrogens is 3. The van der Waals surface area contributed by atoms with Crippen LogP contribution in [0.2, 0.25) is 0 Å². The number of alkyl halides is 5. The number of nitrogens with zero attached hydrogens (tertiary/aromatic N) is 5. The lowest BCUT2D eigenvalue weighted by molar-refractivity contribution is -0.137. The van der Waals surface area contributed by atoms with Crippen LogP contribution in [0.15, 0.2) is 46.2 Å². The minimum absolute atomic E-state index is 0.0457. The van der Waals surface area contributed by atoms with Crippen LogP contribution in [0, 0.1) is 0 Å². The average Bonchev–Trinajstić information content (AvgIpc) is 3.15. The zero-order chi connectivity index (χ0) is 31.6. The Hall–Kier alpha value is -3.68. The van der Waals surface area contributed by atoms with Crippen molar-refractivity contribution in [3.8, 4) is 0 Å². The van der Waals surface area contributed by atoms with Crippen molar-refractivity contribution in [1.82, 2.24) is 19.4 Å². The van der Waals surface area contributed by atoms with Crippen molar-refractivity contribution in [2.24, 2.45) is 0 Å². The predicted octanol–water partition coefficient (Wildman–Crippen LogP) is 6.48. The number of pyridine rings is 1. The van der Waals surface area contributed by atoms with Crippen molar-refractivity contribution in [1.29, 1.82) is 0 Å². The Kier molecular flexibility index (Phi) is 7.61. The molecule has 3 unspecified atom stereocenters. The molecule has 0 saturated carbocycles. The number of anilines is 1. The number of allylic oxidation sites excluding steroid dienone is 2. The van der Waals surface area contributed by atoms with Gasteiger partial charge in [-0.15, -0.1) is 11.8 Å². The number of carboxylic acid groups (broad SMARTS) is 1. The lowest BCUT2D eigenvalue weighted by atomic mass is 9.87. The summed E-state index contributed by atoms with van der Waals surface area (Å²) in [6.07, 6.45) is -4.64. The van der Waals surface area contributed by atoms with E-state index in [9.17, 15) is 36.6 Å². The molecule has 14 heteroatoms. The Balaban J connectivity index is 1.62. The summed E-state index contributed by atoms with van der Waals surface area (Å²) in [5, 5.41) is 9.79. The van der Waals surface area contributed by atoms with Gasteiger partial charge in [0.1, 0.15) is 5.82 Å². The summed E-state index contributed by atoms with van der Waals surface area (Å²) in [4.78, 5) is 37.5. The van der Waals surface area contributed by atoms with Crippen LogP contribution in [0.3, 0.4) is 0 Å². The van der Waals surface area contributed by atoms with E-state index in [0.717, 1.165) is 17.8 Å². The summed E-state index contributed by atoms with van der Waals surface area (Å²) in [5.74, 6) is -3.00. The normalized spacial score (nSPS) is 23.8. The van der Waals surface area contributed by atoms with Gasteiger partial charge in [0.15, 0.2) is 0 Å². The molecule has 234 valence electrons. The number of piperazine rings is 1. The van der Waals surface area contributed by atoms with Gasteiger partial charge in [0.05, 0.1) is 23.2 Å². The van der Waals surface area contributed by atoms with E-state index in [-0.39, 0.29) is 64.7 Å². The Morgan fingerprint density at radius 3 is 2.45 bits per heavy atom. The van der Waals surface area contributed by atoms with E-state index in [1.807, 2.05) is 0 Å². The topological polar surface area (TPSA) is 91.6 Å². The van der Waals surface area contributed by atoms with Crippen LogP contribution in [0.1, 0.15) is 55.8 Å². The van der Waals surface area contributed by atoms with Crippen molar-refractivity contribution in [3.63, 3.8) is 0 Å². The number of halogens is 5. The van der Waals surface area contributed by atoms with Crippen LogP contribution in [0.4, 0.5) is 32.6 Å². The molecule has 2 aromatic heterocycles. The van der Waals surface area contributed by atoms with Gasteiger partial charge in [-0.05, 0) is 44.0 Å². The molecule has 1 amide bonds. The largest absolute Gasteiger partial charge is 0.465 e. The molecule has 3 aliphatic rings. The molecule has 3 aromatic rings. The van der Waals surface area contributed by atoms with Crippen LogP contribution < -0.4 is 10.6 Å². The monoisotopic (exact) mass is 635 g/mol. The van der Waals surface area contributed by atoms with Crippen LogP contribution >= 0.6 is 11.8 Å². The molecule has 2 aliphatic heterocycles. The summed E-state index contributed by atoms with van der Waals surface area (Å²) in [6, 6.07) is 5.27. The molecule has 1 aromatic carbocycles. The van der Waals surface area contributed by atoms with Gasteiger partial charge in [0, 0.05) is 71.9 Å². The third-order valence-electron chi connectivity index (χ3n) is 8.61. The summed E-state index contributed by atoms with van der Waals surface area (Å²) in [7, 11) is 0. The van der Waals surface area contributed by atoms with Gasteiger partial charge in [-0.2, -0.15) is 18.2 Å². The first-order chi connectivity index (χ1) is 20.7. The lowest BCUT2D eigenvalue weighted by Crippen LogP contribution is -2.58. The molecule has 3 atom stereocenters. The highest BCUT2D eigenvalue weighted by molar-refractivity contribution is 7.99. The first-order valence-electron chi connectivity index (χ1n) is 14.3. The second kappa shape index (κ2) is 11.0. The highest BCUT2D eigenvalue weighted by atomic mass is 32.2. The molecule has 4 heterocycles. The second-order valence-corrected chi connectivity index (χ2v) is 12.7. The van der Waals surface area contributed by atoms with Gasteiger partial charge in [-0.1, -0.05) is 12.1 Å². The average molecular weight is 636 g/mol. The standard InChI is InChI=1S/C30H30F5N5O3S/c1-16-12-38(13-17(2)40(16)28(42)43)26-20-11-21(30(33,34)35)23(18-6-8-29(31,32)9-7-18)25-24(20)39(27(41)37-26)14-19(15-44-25)22-5-3-4-10-36-22/h3-6,10-11,16-17,19H,7-9,12-15H2,1-2H3,(H,42,43). The summed E-state index contributed by atoms with van der Waals surface area (Å²) in [6.45, 7) is 3.73. The molecule has 6 rings (SSSR count). The van der Waals surface area contributed by atoms with Gasteiger partial charge in [-0.3, -0.25) is 14.5 Å². The second-order valence-electron chi connectivity index (χ2n) is 11.7. The first kappa shape index (κ1) is 30.4. The summed E-state index contributed by atoms with van der Waals surface area (Å²) >= 11 is 1.16. The molecular formula is C30H30F5N5O3S. The van der Waals surface area contributed by atoms with Crippen LogP contribution in [-0.2, 0) is 12.7 Å². The maximum Gasteiger partial charge on any atom is 0.417 e. The fraction of sp³-hybridized carbons (Fsp3) is 0.467. The SMILES string of the molecule is CC1CN(c2nc(=O)n3c4c(c(C5=CCC(F)(F)CC5)c(C(F)(F)F)cc24)SCC(c2ccccn2)C3)CC(C)N1C(=O)O. The fourth-order valence-corrected chi connectivity index (χ4v) is 8.02. The van der Waals surface area contributed by atoms with E-state index in [0.29, 0.717) is 11.4 Å². The molecule has 44 heavy (non-hydrogen) atoms. The Morgan fingerprint density at radius 2 is 1.86 bits per heavy atom. The first-order valence-corrected chi connectivity index (χ1v) is 15.3. The van der Waals surface area contributed by atoms with E-state index < -0.39 is 54.4 Å². The van der Waals surface area contributed by atoms with Gasteiger partial charge in [0.25, 0.3) is 5.92 Å². The Morgan fingerprint density at radius 1 is 1.14 bits per heavy atom. The number of benzene rings is 1. The van der Waals surface area contributed by atoms with Gasteiger partial charge in [-0.25, -0.2) is 18.4 Å². The molecular weight excluding hydrogens is 605 g/mol. The number of amides is 1. The molecule has 8 nitrogen and oxygen atoms in total. The Labute approximate surface area is 253 Å².